The quantitative estimate of drug-likeness (QED) is 0.755. The first-order chi connectivity index (χ1) is 10.6. The summed E-state index contributed by atoms with van der Waals surface area (Å²) in [5, 5.41) is 2.75. The van der Waals surface area contributed by atoms with E-state index in [1.54, 1.807) is 0 Å². The number of likely N-dealkylation sites (tertiary alicyclic amines) is 1. The molecule has 2 amide bonds. The van der Waals surface area contributed by atoms with E-state index < -0.39 is 0 Å². The van der Waals surface area contributed by atoms with Crippen molar-refractivity contribution in [3.8, 4) is 0 Å². The first-order valence-electron chi connectivity index (χ1n) is 8.49. The number of piperidine rings is 1. The molecular formula is C17H29N3O2. The van der Waals surface area contributed by atoms with Crippen LogP contribution in [0.3, 0.4) is 0 Å². The SMILES string of the molecule is CC(C)CCC(=O)NCC(=O)N1CCC(N2CC=CC2)CC1. The first kappa shape index (κ1) is 17.0. The number of nitrogens with one attached hydrogen (secondary N) is 1. The molecule has 0 unspecified atom stereocenters. The molecule has 0 radical (unpaired) electrons. The maximum Gasteiger partial charge on any atom is 0.241 e. The second kappa shape index (κ2) is 8.32. The van der Waals surface area contributed by atoms with Gasteiger partial charge in [0.05, 0.1) is 6.54 Å². The van der Waals surface area contributed by atoms with Crippen LogP contribution in [0.25, 0.3) is 0 Å². The molecule has 0 aromatic heterocycles. The van der Waals surface area contributed by atoms with Crippen molar-refractivity contribution < 1.29 is 9.59 Å². The van der Waals surface area contributed by atoms with Crippen LogP contribution in [0.1, 0.15) is 39.5 Å². The number of hydrogen-bond acceptors (Lipinski definition) is 3. The smallest absolute Gasteiger partial charge is 0.241 e. The largest absolute Gasteiger partial charge is 0.347 e. The summed E-state index contributed by atoms with van der Waals surface area (Å²) in [6, 6.07) is 0.597. The Morgan fingerprint density at radius 3 is 2.41 bits per heavy atom. The van der Waals surface area contributed by atoms with Gasteiger partial charge in [0.1, 0.15) is 0 Å². The molecule has 2 rings (SSSR count). The lowest BCUT2D eigenvalue weighted by Gasteiger charge is -2.36. The van der Waals surface area contributed by atoms with Crippen molar-refractivity contribution in [2.24, 2.45) is 5.92 Å². The van der Waals surface area contributed by atoms with E-state index in [1.807, 2.05) is 4.90 Å². The van der Waals surface area contributed by atoms with E-state index >= 15 is 0 Å². The van der Waals surface area contributed by atoms with Gasteiger partial charge in [0.15, 0.2) is 0 Å². The van der Waals surface area contributed by atoms with Crippen molar-refractivity contribution in [3.05, 3.63) is 12.2 Å². The molecule has 0 spiro atoms. The van der Waals surface area contributed by atoms with Gasteiger partial charge in [0.2, 0.25) is 11.8 Å². The molecule has 5 heteroatoms. The van der Waals surface area contributed by atoms with Crippen LogP contribution in [0.15, 0.2) is 12.2 Å². The van der Waals surface area contributed by atoms with Crippen LogP contribution in [-0.2, 0) is 9.59 Å². The standard InChI is InChI=1S/C17H29N3O2/c1-14(2)5-6-16(21)18-13-17(22)20-11-7-15(8-12-20)19-9-3-4-10-19/h3-4,14-15H,5-13H2,1-2H3,(H,18,21). The fourth-order valence-electron chi connectivity index (χ4n) is 3.07. The average molecular weight is 307 g/mol. The van der Waals surface area contributed by atoms with E-state index in [0.29, 0.717) is 18.4 Å². The highest BCUT2D eigenvalue weighted by atomic mass is 16.2. The maximum absolute atomic E-state index is 12.2. The zero-order chi connectivity index (χ0) is 15.9. The van der Waals surface area contributed by atoms with Gasteiger partial charge in [-0.3, -0.25) is 14.5 Å². The van der Waals surface area contributed by atoms with Gasteiger partial charge in [-0.2, -0.15) is 0 Å². The molecule has 0 aliphatic carbocycles. The number of amides is 2. The van der Waals surface area contributed by atoms with Crippen molar-refractivity contribution >= 4 is 11.8 Å². The summed E-state index contributed by atoms with van der Waals surface area (Å²) in [4.78, 5) is 28.2. The Hall–Kier alpha value is -1.36. The Bertz CT molecular complexity index is 404. The molecule has 0 aromatic rings. The second-order valence-electron chi connectivity index (χ2n) is 6.75. The van der Waals surface area contributed by atoms with Crippen molar-refractivity contribution in [1.82, 2.24) is 15.1 Å². The number of carbonyl (C=O) groups excluding carboxylic acids is 2. The molecule has 124 valence electrons. The molecule has 0 atom stereocenters. The molecule has 2 heterocycles. The Balaban J connectivity index is 1.63. The predicted octanol–water partition coefficient (Wildman–Crippen LogP) is 1.40. The zero-order valence-electron chi connectivity index (χ0n) is 13.9. The Labute approximate surface area is 133 Å². The number of nitrogens with zero attached hydrogens (tertiary/aromatic N) is 2. The molecule has 2 aliphatic rings. The summed E-state index contributed by atoms with van der Waals surface area (Å²) in [6.07, 6.45) is 7.88. The van der Waals surface area contributed by atoms with Crippen LogP contribution in [0, 0.1) is 5.92 Å². The van der Waals surface area contributed by atoms with Crippen molar-refractivity contribution in [1.29, 1.82) is 0 Å². The third kappa shape index (κ3) is 5.13. The van der Waals surface area contributed by atoms with Crippen molar-refractivity contribution in [3.63, 3.8) is 0 Å². The summed E-state index contributed by atoms with van der Waals surface area (Å²) in [6.45, 7) is 8.04. The highest BCUT2D eigenvalue weighted by Gasteiger charge is 2.26. The van der Waals surface area contributed by atoms with Crippen LogP contribution in [0.2, 0.25) is 0 Å². The summed E-state index contributed by atoms with van der Waals surface area (Å²) in [5.41, 5.74) is 0. The molecule has 22 heavy (non-hydrogen) atoms. The highest BCUT2D eigenvalue weighted by Crippen LogP contribution is 2.18. The topological polar surface area (TPSA) is 52.7 Å². The van der Waals surface area contributed by atoms with Gasteiger partial charge in [-0.1, -0.05) is 26.0 Å². The van der Waals surface area contributed by atoms with Crippen LogP contribution in [-0.4, -0.2) is 60.4 Å². The Morgan fingerprint density at radius 2 is 1.82 bits per heavy atom. The van der Waals surface area contributed by atoms with Gasteiger partial charge in [0, 0.05) is 38.6 Å². The summed E-state index contributed by atoms with van der Waals surface area (Å²) in [5.74, 6) is 0.552. The predicted molar refractivity (Wildman–Crippen MR) is 87.4 cm³/mol. The number of carbonyl (C=O) groups is 2. The molecule has 0 aromatic carbocycles. The fourth-order valence-corrected chi connectivity index (χ4v) is 3.07. The van der Waals surface area contributed by atoms with E-state index in [4.69, 9.17) is 0 Å². The highest BCUT2D eigenvalue weighted by molar-refractivity contribution is 5.84. The number of rotatable bonds is 6. The van der Waals surface area contributed by atoms with Gasteiger partial charge in [0.25, 0.3) is 0 Å². The zero-order valence-corrected chi connectivity index (χ0v) is 13.9. The minimum absolute atomic E-state index is 0.0138. The van der Waals surface area contributed by atoms with Gasteiger partial charge in [-0.05, 0) is 25.2 Å². The molecule has 2 aliphatic heterocycles. The lowest BCUT2D eigenvalue weighted by Crippen LogP contribution is -2.48. The third-order valence-corrected chi connectivity index (χ3v) is 4.57. The Kier molecular flexibility index (Phi) is 6.43. The minimum atomic E-state index is -0.0138. The molecule has 0 saturated carbocycles. The summed E-state index contributed by atoms with van der Waals surface area (Å²) < 4.78 is 0. The maximum atomic E-state index is 12.2. The van der Waals surface area contributed by atoms with Crippen LogP contribution in [0.4, 0.5) is 0 Å². The molecule has 5 nitrogen and oxygen atoms in total. The van der Waals surface area contributed by atoms with Crippen LogP contribution >= 0.6 is 0 Å². The van der Waals surface area contributed by atoms with Crippen molar-refractivity contribution in [2.75, 3.05) is 32.7 Å². The lowest BCUT2D eigenvalue weighted by atomic mass is 10.0. The van der Waals surface area contributed by atoms with Gasteiger partial charge in [-0.15, -0.1) is 0 Å². The Morgan fingerprint density at radius 1 is 1.18 bits per heavy atom. The lowest BCUT2D eigenvalue weighted by molar-refractivity contribution is -0.134. The van der Waals surface area contributed by atoms with Crippen LogP contribution < -0.4 is 5.32 Å². The van der Waals surface area contributed by atoms with E-state index in [2.05, 4.69) is 36.2 Å². The van der Waals surface area contributed by atoms with E-state index in [0.717, 1.165) is 45.4 Å². The molecular weight excluding hydrogens is 278 g/mol. The monoisotopic (exact) mass is 307 g/mol. The third-order valence-electron chi connectivity index (χ3n) is 4.57. The van der Waals surface area contributed by atoms with Gasteiger partial charge < -0.3 is 10.2 Å². The normalized spacial score (nSPS) is 19.9. The molecule has 1 N–H and O–H groups in total. The molecule has 1 saturated heterocycles. The van der Waals surface area contributed by atoms with Gasteiger partial charge in [-0.25, -0.2) is 0 Å². The van der Waals surface area contributed by atoms with Crippen molar-refractivity contribution in [2.45, 2.75) is 45.6 Å². The first-order valence-corrected chi connectivity index (χ1v) is 8.49. The molecule has 1 fully saturated rings. The summed E-state index contributed by atoms with van der Waals surface area (Å²) in [7, 11) is 0. The van der Waals surface area contributed by atoms with Crippen LogP contribution in [0.5, 0.6) is 0 Å². The number of hydrogen-bond donors (Lipinski definition) is 1. The summed E-state index contributed by atoms with van der Waals surface area (Å²) >= 11 is 0. The minimum Gasteiger partial charge on any atom is -0.347 e. The van der Waals surface area contributed by atoms with Gasteiger partial charge >= 0.3 is 0 Å². The second-order valence-corrected chi connectivity index (χ2v) is 6.75. The molecule has 0 bridgehead atoms. The van der Waals surface area contributed by atoms with E-state index in [1.165, 1.54) is 0 Å². The van der Waals surface area contributed by atoms with E-state index in [9.17, 15) is 9.59 Å². The average Bonchev–Trinajstić information content (AvgIpc) is 3.05. The fraction of sp³-hybridized carbons (Fsp3) is 0.765. The van der Waals surface area contributed by atoms with E-state index in [-0.39, 0.29) is 18.4 Å².